The zero-order chi connectivity index (χ0) is 18.2. The third-order valence-corrected chi connectivity index (χ3v) is 4.03. The highest BCUT2D eigenvalue weighted by Gasteiger charge is 2.56. The third kappa shape index (κ3) is 3.95. The van der Waals surface area contributed by atoms with Crippen molar-refractivity contribution in [1.82, 2.24) is 0 Å². The van der Waals surface area contributed by atoms with E-state index < -0.39 is 23.0 Å². The zero-order valence-corrected chi connectivity index (χ0v) is 14.4. The van der Waals surface area contributed by atoms with Crippen LogP contribution in [-0.2, 0) is 10.2 Å². The van der Waals surface area contributed by atoms with Crippen molar-refractivity contribution in [3.63, 3.8) is 0 Å². The van der Waals surface area contributed by atoms with Crippen LogP contribution in [0.2, 0.25) is 0 Å². The fourth-order valence-corrected chi connectivity index (χ4v) is 2.94. The number of nitrogens with two attached hydrogens (primary N) is 1. The molecule has 1 fully saturated rings. The molecule has 1 aromatic carbocycles. The minimum Gasteiger partial charge on any atom is -0.495 e. The van der Waals surface area contributed by atoms with E-state index in [2.05, 4.69) is 5.32 Å². The van der Waals surface area contributed by atoms with E-state index in [9.17, 15) is 13.6 Å². The maximum atomic E-state index is 13.3. The van der Waals surface area contributed by atoms with Crippen LogP contribution in [0, 0.1) is 0 Å². The minimum atomic E-state index is -2.68. The van der Waals surface area contributed by atoms with Crippen molar-refractivity contribution in [2.24, 2.45) is 5.73 Å². The molecular formula is C17H24F2N2O3. The van der Waals surface area contributed by atoms with Crippen LogP contribution in [0.4, 0.5) is 19.3 Å². The Balaban J connectivity index is 2.21. The summed E-state index contributed by atoms with van der Waals surface area (Å²) in [5, 5.41) is 2.60. The summed E-state index contributed by atoms with van der Waals surface area (Å²) in [5.74, 6) is -2.30. The average Bonchev–Trinajstić information content (AvgIpc) is 2.42. The highest BCUT2D eigenvalue weighted by atomic mass is 19.3. The van der Waals surface area contributed by atoms with Gasteiger partial charge in [0.25, 0.3) is 0 Å². The lowest BCUT2D eigenvalue weighted by atomic mass is 9.62. The van der Waals surface area contributed by atoms with Gasteiger partial charge in [0.1, 0.15) is 11.4 Å². The van der Waals surface area contributed by atoms with Crippen LogP contribution in [0.25, 0.3) is 0 Å². The molecule has 1 saturated carbocycles. The molecule has 5 nitrogen and oxygen atoms in total. The Labute approximate surface area is 140 Å². The predicted molar refractivity (Wildman–Crippen MR) is 87.8 cm³/mol. The summed E-state index contributed by atoms with van der Waals surface area (Å²) >= 11 is 0. The first-order valence-electron chi connectivity index (χ1n) is 7.77. The molecule has 0 aromatic heterocycles. The second kappa shape index (κ2) is 6.20. The quantitative estimate of drug-likeness (QED) is 0.876. The van der Waals surface area contributed by atoms with Crippen LogP contribution in [-0.4, -0.2) is 31.3 Å². The maximum absolute atomic E-state index is 13.3. The highest BCUT2D eigenvalue weighted by molar-refractivity contribution is 5.87. The zero-order valence-electron chi connectivity index (χ0n) is 14.4. The van der Waals surface area contributed by atoms with Gasteiger partial charge in [0.15, 0.2) is 0 Å². The van der Waals surface area contributed by atoms with E-state index in [1.165, 1.54) is 7.11 Å². The molecule has 1 aliphatic carbocycles. The number of hydrogen-bond donors (Lipinski definition) is 2. The van der Waals surface area contributed by atoms with E-state index in [1.54, 1.807) is 39.0 Å². The summed E-state index contributed by atoms with van der Waals surface area (Å²) in [6.07, 6.45) is -1.17. The number of ether oxygens (including phenoxy) is 2. The molecule has 134 valence electrons. The summed E-state index contributed by atoms with van der Waals surface area (Å²) < 4.78 is 37.1. The van der Waals surface area contributed by atoms with Gasteiger partial charge in [-0.2, -0.15) is 0 Å². The fraction of sp³-hybridized carbons (Fsp3) is 0.588. The Morgan fingerprint density at radius 2 is 1.96 bits per heavy atom. The van der Waals surface area contributed by atoms with Crippen molar-refractivity contribution in [3.8, 4) is 5.75 Å². The SMILES string of the molecule is COc1cc(C2(CN)CC(F)(F)C2)ccc1NC(=O)OC(C)(C)C. The molecule has 0 bridgehead atoms. The van der Waals surface area contributed by atoms with Crippen LogP contribution >= 0.6 is 0 Å². The minimum absolute atomic E-state index is 0.130. The van der Waals surface area contributed by atoms with Gasteiger partial charge in [-0.15, -0.1) is 0 Å². The molecule has 2 rings (SSSR count). The lowest BCUT2D eigenvalue weighted by molar-refractivity contribution is -0.123. The van der Waals surface area contributed by atoms with Gasteiger partial charge in [-0.05, 0) is 38.5 Å². The number of carbonyl (C=O) groups excluding carboxylic acids is 1. The van der Waals surface area contributed by atoms with Gasteiger partial charge in [0.2, 0.25) is 5.92 Å². The molecule has 0 radical (unpaired) electrons. The number of halogens is 2. The molecule has 7 heteroatoms. The van der Waals surface area contributed by atoms with Crippen LogP contribution < -0.4 is 15.8 Å². The Bertz CT molecular complexity index is 619. The molecule has 0 unspecified atom stereocenters. The van der Waals surface area contributed by atoms with E-state index in [4.69, 9.17) is 15.2 Å². The van der Waals surface area contributed by atoms with E-state index in [0.29, 0.717) is 17.0 Å². The van der Waals surface area contributed by atoms with Crippen molar-refractivity contribution < 1.29 is 23.0 Å². The topological polar surface area (TPSA) is 73.6 Å². The lowest BCUT2D eigenvalue weighted by Gasteiger charge is -2.47. The van der Waals surface area contributed by atoms with E-state index in [-0.39, 0.29) is 19.4 Å². The summed E-state index contributed by atoms with van der Waals surface area (Å²) in [6.45, 7) is 5.41. The summed E-state index contributed by atoms with van der Waals surface area (Å²) in [6, 6.07) is 4.96. The maximum Gasteiger partial charge on any atom is 0.412 e. The summed E-state index contributed by atoms with van der Waals surface area (Å²) in [5.41, 5.74) is 5.46. The van der Waals surface area contributed by atoms with E-state index in [1.807, 2.05) is 0 Å². The van der Waals surface area contributed by atoms with Gasteiger partial charge in [0, 0.05) is 24.8 Å². The molecule has 1 aromatic rings. The molecule has 0 aliphatic heterocycles. The Morgan fingerprint density at radius 3 is 2.42 bits per heavy atom. The Hall–Kier alpha value is -1.89. The van der Waals surface area contributed by atoms with Crippen molar-refractivity contribution in [2.75, 3.05) is 19.0 Å². The summed E-state index contributed by atoms with van der Waals surface area (Å²) in [4.78, 5) is 11.9. The van der Waals surface area contributed by atoms with Crippen molar-refractivity contribution in [2.45, 2.75) is 50.6 Å². The van der Waals surface area contributed by atoms with Gasteiger partial charge in [-0.25, -0.2) is 13.6 Å². The average molecular weight is 342 g/mol. The number of benzene rings is 1. The van der Waals surface area contributed by atoms with Crippen LogP contribution in [0.5, 0.6) is 5.75 Å². The van der Waals surface area contributed by atoms with Gasteiger partial charge >= 0.3 is 6.09 Å². The number of rotatable bonds is 4. The second-order valence-corrected chi connectivity index (χ2v) is 7.24. The number of amides is 1. The second-order valence-electron chi connectivity index (χ2n) is 7.24. The fourth-order valence-electron chi connectivity index (χ4n) is 2.94. The van der Waals surface area contributed by atoms with Crippen LogP contribution in [0.3, 0.4) is 0 Å². The third-order valence-electron chi connectivity index (χ3n) is 4.03. The number of methoxy groups -OCH3 is 1. The van der Waals surface area contributed by atoms with E-state index >= 15 is 0 Å². The summed E-state index contributed by atoms with van der Waals surface area (Å²) in [7, 11) is 1.45. The number of nitrogens with one attached hydrogen (secondary N) is 1. The number of hydrogen-bond acceptors (Lipinski definition) is 4. The normalized spacial score (nSPS) is 18.5. The largest absolute Gasteiger partial charge is 0.495 e. The number of anilines is 1. The molecular weight excluding hydrogens is 318 g/mol. The molecule has 0 saturated heterocycles. The van der Waals surface area contributed by atoms with Crippen LogP contribution in [0.15, 0.2) is 18.2 Å². The highest BCUT2D eigenvalue weighted by Crippen LogP contribution is 2.53. The van der Waals surface area contributed by atoms with Gasteiger partial charge in [-0.3, -0.25) is 5.32 Å². The lowest BCUT2D eigenvalue weighted by Crippen LogP contribution is -2.53. The van der Waals surface area contributed by atoms with Crippen molar-refractivity contribution in [1.29, 1.82) is 0 Å². The van der Waals surface area contributed by atoms with Crippen molar-refractivity contribution in [3.05, 3.63) is 23.8 Å². The van der Waals surface area contributed by atoms with Crippen LogP contribution in [0.1, 0.15) is 39.2 Å². The van der Waals surface area contributed by atoms with Gasteiger partial charge < -0.3 is 15.2 Å². The Morgan fingerprint density at radius 1 is 1.33 bits per heavy atom. The molecule has 24 heavy (non-hydrogen) atoms. The van der Waals surface area contributed by atoms with Crippen molar-refractivity contribution >= 4 is 11.8 Å². The molecule has 0 heterocycles. The predicted octanol–water partition coefficient (Wildman–Crippen LogP) is 3.67. The standard InChI is InChI=1S/C17H24F2N2O3/c1-15(2,3)24-14(22)21-12-6-5-11(7-13(12)23-4)16(10-20)8-17(18,19)9-16/h5-7H,8-10,20H2,1-4H3,(H,21,22). The first-order chi connectivity index (χ1) is 11.0. The molecule has 0 spiro atoms. The molecule has 1 aliphatic rings. The number of carbonyl (C=O) groups is 1. The smallest absolute Gasteiger partial charge is 0.412 e. The van der Waals surface area contributed by atoms with Gasteiger partial charge in [-0.1, -0.05) is 6.07 Å². The first-order valence-corrected chi connectivity index (χ1v) is 7.77. The molecule has 1 amide bonds. The van der Waals surface area contributed by atoms with Gasteiger partial charge in [0.05, 0.1) is 12.8 Å². The first kappa shape index (κ1) is 18.4. The monoisotopic (exact) mass is 342 g/mol. The van der Waals surface area contributed by atoms with E-state index in [0.717, 1.165) is 0 Å². The Kier molecular flexibility index (Phi) is 4.77. The molecule has 0 atom stereocenters. The number of alkyl halides is 2. The molecule has 3 N–H and O–H groups in total.